The Balaban J connectivity index is 1.64. The summed E-state index contributed by atoms with van der Waals surface area (Å²) in [7, 11) is 0. The smallest absolute Gasteiger partial charge is 0.261 e. The first-order valence-corrected chi connectivity index (χ1v) is 9.01. The highest BCUT2D eigenvalue weighted by Gasteiger charge is 2.20. The molecule has 3 rings (SSSR count). The fraction of sp³-hybridized carbons (Fsp3) is 0.643. The van der Waals surface area contributed by atoms with Gasteiger partial charge in [0.25, 0.3) is 5.91 Å². The predicted octanol–water partition coefficient (Wildman–Crippen LogP) is 2.41. The molecule has 0 spiro atoms. The number of hydrogen-bond acceptors (Lipinski definition) is 4. The molecule has 1 aromatic heterocycles. The van der Waals surface area contributed by atoms with Gasteiger partial charge in [0.1, 0.15) is 0 Å². The molecule has 0 aliphatic carbocycles. The zero-order valence-electron chi connectivity index (χ0n) is 11.0. The van der Waals surface area contributed by atoms with Gasteiger partial charge in [0.2, 0.25) is 0 Å². The van der Waals surface area contributed by atoms with E-state index < -0.39 is 0 Å². The van der Waals surface area contributed by atoms with Crippen molar-refractivity contribution in [3.8, 4) is 0 Å². The number of thiophene rings is 1. The normalized spacial score (nSPS) is 23.5. The molecule has 1 aromatic rings. The van der Waals surface area contributed by atoms with Crippen molar-refractivity contribution >= 4 is 29.0 Å². The number of rotatable bonds is 2. The maximum absolute atomic E-state index is 12.3. The first-order chi connectivity index (χ1) is 9.33. The van der Waals surface area contributed by atoms with E-state index in [1.807, 2.05) is 11.8 Å². The molecule has 0 bridgehead atoms. The highest BCUT2D eigenvalue weighted by atomic mass is 32.2. The van der Waals surface area contributed by atoms with E-state index in [0.29, 0.717) is 6.04 Å². The van der Waals surface area contributed by atoms with Gasteiger partial charge in [-0.1, -0.05) is 6.42 Å². The fourth-order valence-corrected chi connectivity index (χ4v) is 4.93. The van der Waals surface area contributed by atoms with Gasteiger partial charge in [0, 0.05) is 23.2 Å². The van der Waals surface area contributed by atoms with Gasteiger partial charge < -0.3 is 10.6 Å². The summed E-state index contributed by atoms with van der Waals surface area (Å²) in [6.45, 7) is 1.99. The Kier molecular flexibility index (Phi) is 4.45. The van der Waals surface area contributed by atoms with E-state index >= 15 is 0 Å². The van der Waals surface area contributed by atoms with Crippen molar-refractivity contribution in [2.24, 2.45) is 0 Å². The van der Waals surface area contributed by atoms with Crippen LogP contribution in [-0.4, -0.2) is 30.8 Å². The zero-order valence-corrected chi connectivity index (χ0v) is 12.7. The molecule has 1 saturated heterocycles. The largest absolute Gasteiger partial charge is 0.347 e. The average Bonchev–Trinajstić information content (AvgIpc) is 2.70. The Labute approximate surface area is 122 Å². The molecule has 0 saturated carbocycles. The maximum Gasteiger partial charge on any atom is 0.261 e. The first kappa shape index (κ1) is 13.5. The molecule has 2 aliphatic rings. The lowest BCUT2D eigenvalue weighted by Gasteiger charge is -2.15. The molecule has 0 radical (unpaired) electrons. The summed E-state index contributed by atoms with van der Waals surface area (Å²) in [5.74, 6) is 2.39. The monoisotopic (exact) mass is 296 g/mol. The van der Waals surface area contributed by atoms with Gasteiger partial charge in [-0.25, -0.2) is 0 Å². The molecule has 3 nitrogen and oxygen atoms in total. The maximum atomic E-state index is 12.3. The average molecular weight is 296 g/mol. The van der Waals surface area contributed by atoms with Crippen LogP contribution in [0, 0.1) is 0 Å². The number of thioether (sulfide) groups is 1. The van der Waals surface area contributed by atoms with Crippen LogP contribution in [0.15, 0.2) is 6.07 Å². The summed E-state index contributed by atoms with van der Waals surface area (Å²) in [6, 6.07) is 2.40. The van der Waals surface area contributed by atoms with Gasteiger partial charge in [0.15, 0.2) is 0 Å². The lowest BCUT2D eigenvalue weighted by molar-refractivity contribution is 0.0939. The second kappa shape index (κ2) is 6.29. The van der Waals surface area contributed by atoms with E-state index in [1.54, 1.807) is 11.3 Å². The van der Waals surface area contributed by atoms with Crippen molar-refractivity contribution in [2.75, 3.05) is 18.8 Å². The number of carbonyl (C=O) groups is 1. The van der Waals surface area contributed by atoms with E-state index in [4.69, 9.17) is 0 Å². The van der Waals surface area contributed by atoms with Crippen molar-refractivity contribution in [3.63, 3.8) is 0 Å². The van der Waals surface area contributed by atoms with Crippen LogP contribution in [0.2, 0.25) is 0 Å². The first-order valence-electron chi connectivity index (χ1n) is 7.04. The Morgan fingerprint density at radius 2 is 2.37 bits per heavy atom. The minimum atomic E-state index is 0.123. The zero-order chi connectivity index (χ0) is 13.1. The number of carbonyl (C=O) groups excluding carboxylic acids is 1. The van der Waals surface area contributed by atoms with Gasteiger partial charge in [-0.15, -0.1) is 11.3 Å². The summed E-state index contributed by atoms with van der Waals surface area (Å²) < 4.78 is 0. The minimum Gasteiger partial charge on any atom is -0.347 e. The Morgan fingerprint density at radius 1 is 1.42 bits per heavy atom. The van der Waals surface area contributed by atoms with Crippen molar-refractivity contribution in [2.45, 2.75) is 37.5 Å². The molecule has 5 heteroatoms. The molecule has 1 fully saturated rings. The van der Waals surface area contributed by atoms with Crippen molar-refractivity contribution in [3.05, 3.63) is 21.4 Å². The molecule has 19 heavy (non-hydrogen) atoms. The molecular weight excluding hydrogens is 276 g/mol. The Hall–Kier alpha value is -0.520. The molecule has 104 valence electrons. The van der Waals surface area contributed by atoms with Crippen molar-refractivity contribution in [1.82, 2.24) is 10.6 Å². The van der Waals surface area contributed by atoms with Crippen LogP contribution in [-0.2, 0) is 12.2 Å². The summed E-state index contributed by atoms with van der Waals surface area (Å²) in [5, 5.41) is 6.57. The van der Waals surface area contributed by atoms with Crippen LogP contribution in [0.25, 0.3) is 0 Å². The van der Waals surface area contributed by atoms with E-state index in [0.717, 1.165) is 36.6 Å². The standard InChI is InChI=1S/C14H20N2OS2/c17-14(16-11-3-1-2-5-15-8-11)13-7-10-9-18-6-4-12(10)19-13/h7,11,15H,1-6,8-9H2,(H,16,17). The SMILES string of the molecule is O=C(NC1CCCCNC1)c1cc2c(s1)CCSC2. The number of aryl methyl sites for hydroxylation is 1. The van der Waals surface area contributed by atoms with Crippen LogP contribution >= 0.6 is 23.1 Å². The predicted molar refractivity (Wildman–Crippen MR) is 82.2 cm³/mol. The molecule has 3 heterocycles. The molecule has 1 amide bonds. The number of amides is 1. The van der Waals surface area contributed by atoms with Gasteiger partial charge >= 0.3 is 0 Å². The second-order valence-corrected chi connectivity index (χ2v) is 7.47. The van der Waals surface area contributed by atoms with Gasteiger partial charge in [-0.2, -0.15) is 11.8 Å². The molecule has 0 aromatic carbocycles. The molecule has 1 unspecified atom stereocenters. The number of fused-ring (bicyclic) bond motifs is 1. The molecule has 2 aliphatic heterocycles. The fourth-order valence-electron chi connectivity index (χ4n) is 2.66. The highest BCUT2D eigenvalue weighted by molar-refractivity contribution is 7.98. The highest BCUT2D eigenvalue weighted by Crippen LogP contribution is 2.31. The van der Waals surface area contributed by atoms with Crippen LogP contribution in [0.4, 0.5) is 0 Å². The molecule has 1 atom stereocenters. The topological polar surface area (TPSA) is 41.1 Å². The Morgan fingerprint density at radius 3 is 3.26 bits per heavy atom. The Bertz CT molecular complexity index is 427. The second-order valence-electron chi connectivity index (χ2n) is 5.23. The minimum absolute atomic E-state index is 0.123. The lowest BCUT2D eigenvalue weighted by atomic mass is 10.1. The third kappa shape index (κ3) is 3.33. The summed E-state index contributed by atoms with van der Waals surface area (Å²) in [5.41, 5.74) is 1.38. The number of hydrogen-bond donors (Lipinski definition) is 2. The third-order valence-electron chi connectivity index (χ3n) is 3.73. The van der Waals surface area contributed by atoms with E-state index in [9.17, 15) is 4.79 Å². The summed E-state index contributed by atoms with van der Waals surface area (Å²) in [6.07, 6.45) is 4.65. The van der Waals surface area contributed by atoms with E-state index in [-0.39, 0.29) is 5.91 Å². The summed E-state index contributed by atoms with van der Waals surface area (Å²) in [4.78, 5) is 14.6. The lowest BCUT2D eigenvalue weighted by Crippen LogP contribution is -2.40. The van der Waals surface area contributed by atoms with Gasteiger partial charge in [-0.05, 0) is 43.2 Å². The van der Waals surface area contributed by atoms with E-state index in [1.165, 1.54) is 29.0 Å². The quantitative estimate of drug-likeness (QED) is 0.880. The van der Waals surface area contributed by atoms with Crippen molar-refractivity contribution < 1.29 is 4.79 Å². The van der Waals surface area contributed by atoms with E-state index in [2.05, 4.69) is 16.7 Å². The summed E-state index contributed by atoms with van der Waals surface area (Å²) >= 11 is 3.66. The van der Waals surface area contributed by atoms with Crippen LogP contribution in [0.1, 0.15) is 39.4 Å². The third-order valence-corrected chi connectivity index (χ3v) is 5.98. The van der Waals surface area contributed by atoms with Gasteiger partial charge in [-0.3, -0.25) is 4.79 Å². The van der Waals surface area contributed by atoms with Crippen molar-refractivity contribution in [1.29, 1.82) is 0 Å². The van der Waals surface area contributed by atoms with Gasteiger partial charge in [0.05, 0.1) is 4.88 Å². The number of nitrogens with one attached hydrogen (secondary N) is 2. The molecular formula is C14H20N2OS2. The van der Waals surface area contributed by atoms with Crippen LogP contribution in [0.5, 0.6) is 0 Å². The molecule has 2 N–H and O–H groups in total. The van der Waals surface area contributed by atoms with Crippen LogP contribution < -0.4 is 10.6 Å². The van der Waals surface area contributed by atoms with Crippen LogP contribution in [0.3, 0.4) is 0 Å².